The van der Waals surface area contributed by atoms with E-state index in [0.717, 1.165) is 0 Å². The van der Waals surface area contributed by atoms with Gasteiger partial charge in [-0.05, 0) is 37.6 Å². The van der Waals surface area contributed by atoms with Gasteiger partial charge in [0.2, 0.25) is 10.0 Å². The van der Waals surface area contributed by atoms with E-state index in [1.165, 1.54) is 19.2 Å². The maximum absolute atomic E-state index is 11.6. The van der Waals surface area contributed by atoms with Crippen molar-refractivity contribution in [2.24, 2.45) is 5.92 Å². The molecule has 0 aromatic heterocycles. The molecule has 0 amide bonds. The van der Waals surface area contributed by atoms with E-state index in [4.69, 9.17) is 5.73 Å². The number of sulfonamides is 1. The normalized spacial score (nSPS) is 13.4. The Hall–Kier alpha value is -1.31. The summed E-state index contributed by atoms with van der Waals surface area (Å²) in [6.45, 7) is 4.45. The van der Waals surface area contributed by atoms with Gasteiger partial charge in [0.05, 0.1) is 22.4 Å². The number of nitrogens with one attached hydrogen (secondary N) is 2. The average molecular weight is 301 g/mol. The largest absolute Gasteiger partial charge is 0.397 e. The first-order valence-corrected chi connectivity index (χ1v) is 7.99. The molecule has 0 fully saturated rings. The molecule has 0 aliphatic rings. The number of nitrogens with two attached hydrogens (primary N) is 1. The predicted molar refractivity (Wildman–Crippen MR) is 81.1 cm³/mol. The van der Waals surface area contributed by atoms with Crippen LogP contribution in [0.25, 0.3) is 0 Å². The topological polar surface area (TPSA) is 104 Å². The fraction of sp³-hybridized carbons (Fsp3) is 0.538. The highest BCUT2D eigenvalue weighted by molar-refractivity contribution is 7.89. The molecule has 1 aromatic rings. The summed E-state index contributed by atoms with van der Waals surface area (Å²) in [6.07, 6.45) is 0.231. The van der Waals surface area contributed by atoms with E-state index >= 15 is 0 Å². The van der Waals surface area contributed by atoms with Gasteiger partial charge in [-0.2, -0.15) is 0 Å². The second-order valence-corrected chi connectivity index (χ2v) is 7.01. The molecule has 7 heteroatoms. The smallest absolute Gasteiger partial charge is 0.240 e. The average Bonchev–Trinajstić information content (AvgIpc) is 2.36. The van der Waals surface area contributed by atoms with Gasteiger partial charge in [0.25, 0.3) is 0 Å². The van der Waals surface area contributed by atoms with Crippen LogP contribution in [0.1, 0.15) is 20.3 Å². The molecular weight excluding hydrogens is 278 g/mol. The highest BCUT2D eigenvalue weighted by atomic mass is 32.2. The molecule has 1 aromatic carbocycles. The number of nitrogen functional groups attached to an aromatic ring is 1. The van der Waals surface area contributed by atoms with Crippen molar-refractivity contribution in [1.82, 2.24) is 4.72 Å². The quantitative estimate of drug-likeness (QED) is 0.562. The molecule has 114 valence electrons. The number of rotatable bonds is 7. The van der Waals surface area contributed by atoms with Gasteiger partial charge in [0.15, 0.2) is 0 Å². The Morgan fingerprint density at radius 2 is 2.00 bits per heavy atom. The molecule has 1 atom stereocenters. The van der Waals surface area contributed by atoms with Crippen LogP contribution in [0.2, 0.25) is 0 Å². The van der Waals surface area contributed by atoms with Crippen LogP contribution in [0.15, 0.2) is 23.1 Å². The van der Waals surface area contributed by atoms with Crippen molar-refractivity contribution in [3.05, 3.63) is 18.2 Å². The van der Waals surface area contributed by atoms with Gasteiger partial charge in [0.1, 0.15) is 0 Å². The maximum Gasteiger partial charge on any atom is 0.240 e. The molecule has 0 bridgehead atoms. The second kappa shape index (κ2) is 6.92. The third kappa shape index (κ3) is 4.66. The highest BCUT2D eigenvalue weighted by Gasteiger charge is 2.13. The lowest BCUT2D eigenvalue weighted by atomic mass is 10.1. The van der Waals surface area contributed by atoms with Gasteiger partial charge in [0, 0.05) is 6.54 Å². The van der Waals surface area contributed by atoms with E-state index in [1.807, 2.05) is 13.8 Å². The van der Waals surface area contributed by atoms with Crippen LogP contribution >= 0.6 is 0 Å². The fourth-order valence-electron chi connectivity index (χ4n) is 1.84. The minimum Gasteiger partial charge on any atom is -0.397 e. The molecule has 20 heavy (non-hydrogen) atoms. The third-order valence-electron chi connectivity index (χ3n) is 2.87. The molecule has 5 N–H and O–H groups in total. The van der Waals surface area contributed by atoms with Crippen molar-refractivity contribution >= 4 is 21.4 Å². The van der Waals surface area contributed by atoms with Gasteiger partial charge in [-0.25, -0.2) is 13.1 Å². The zero-order valence-corrected chi connectivity index (χ0v) is 12.9. The number of aliphatic hydroxyl groups is 1. The standard InChI is InChI=1S/C13H23N3O3S/c1-9(2)6-10(17)8-16-13-5-4-11(7-12(13)14)20(18,19)15-3/h4-5,7,9-10,15-17H,6,8,14H2,1-3H3. The van der Waals surface area contributed by atoms with Crippen molar-refractivity contribution in [2.45, 2.75) is 31.3 Å². The Morgan fingerprint density at radius 3 is 2.50 bits per heavy atom. The molecule has 6 nitrogen and oxygen atoms in total. The van der Waals surface area contributed by atoms with Crippen molar-refractivity contribution in [2.75, 3.05) is 24.6 Å². The van der Waals surface area contributed by atoms with Crippen LogP contribution in [0.3, 0.4) is 0 Å². The Balaban J connectivity index is 2.75. The van der Waals surface area contributed by atoms with Crippen LogP contribution in [-0.2, 0) is 10.0 Å². The highest BCUT2D eigenvalue weighted by Crippen LogP contribution is 2.22. The van der Waals surface area contributed by atoms with Crippen LogP contribution in [-0.4, -0.2) is 33.2 Å². The molecule has 0 radical (unpaired) electrons. The number of anilines is 2. The monoisotopic (exact) mass is 301 g/mol. The summed E-state index contributed by atoms with van der Waals surface area (Å²) in [5.74, 6) is 0.410. The number of hydrogen-bond donors (Lipinski definition) is 4. The van der Waals surface area contributed by atoms with E-state index in [1.54, 1.807) is 6.07 Å². The molecule has 0 spiro atoms. The summed E-state index contributed by atoms with van der Waals surface area (Å²) in [4.78, 5) is 0.116. The molecule has 0 aliphatic heterocycles. The van der Waals surface area contributed by atoms with Gasteiger partial charge in [-0.3, -0.25) is 0 Å². The summed E-state index contributed by atoms with van der Waals surface area (Å²) in [5, 5.41) is 12.8. The molecule has 0 aliphatic carbocycles. The van der Waals surface area contributed by atoms with Gasteiger partial charge in [-0.1, -0.05) is 13.8 Å². The van der Waals surface area contributed by atoms with E-state index in [0.29, 0.717) is 30.3 Å². The molecular formula is C13H23N3O3S. The molecule has 1 unspecified atom stereocenters. The first-order valence-electron chi connectivity index (χ1n) is 6.51. The molecule has 1 rings (SSSR count). The van der Waals surface area contributed by atoms with E-state index in [2.05, 4.69) is 10.0 Å². The van der Waals surface area contributed by atoms with E-state index in [-0.39, 0.29) is 4.90 Å². The fourth-order valence-corrected chi connectivity index (χ4v) is 2.61. The number of aliphatic hydroxyl groups excluding tert-OH is 1. The number of hydrogen-bond acceptors (Lipinski definition) is 5. The SMILES string of the molecule is CNS(=O)(=O)c1ccc(NCC(O)CC(C)C)c(N)c1. The molecule has 0 saturated heterocycles. The first kappa shape index (κ1) is 16.7. The summed E-state index contributed by atoms with van der Waals surface area (Å²) in [7, 11) is -2.14. The van der Waals surface area contributed by atoms with Crippen LogP contribution < -0.4 is 15.8 Å². The first-order chi connectivity index (χ1) is 9.26. The lowest BCUT2D eigenvalue weighted by Crippen LogP contribution is -2.22. The Kier molecular flexibility index (Phi) is 5.79. The van der Waals surface area contributed by atoms with Crippen molar-refractivity contribution in [1.29, 1.82) is 0 Å². The van der Waals surface area contributed by atoms with Gasteiger partial charge >= 0.3 is 0 Å². The van der Waals surface area contributed by atoms with E-state index in [9.17, 15) is 13.5 Å². The summed E-state index contributed by atoms with van der Waals surface area (Å²) in [5.41, 5.74) is 6.77. The zero-order chi connectivity index (χ0) is 15.3. The van der Waals surface area contributed by atoms with Gasteiger partial charge < -0.3 is 16.2 Å². The number of benzene rings is 1. The summed E-state index contributed by atoms with van der Waals surface area (Å²) >= 11 is 0. The minimum atomic E-state index is -3.49. The van der Waals surface area contributed by atoms with Crippen molar-refractivity contribution < 1.29 is 13.5 Å². The third-order valence-corrected chi connectivity index (χ3v) is 4.29. The van der Waals surface area contributed by atoms with Crippen LogP contribution in [0, 0.1) is 5.92 Å². The van der Waals surface area contributed by atoms with Crippen molar-refractivity contribution in [3.63, 3.8) is 0 Å². The predicted octanol–water partition coefficient (Wildman–Crippen LogP) is 0.996. The Morgan fingerprint density at radius 1 is 1.35 bits per heavy atom. The summed E-state index contributed by atoms with van der Waals surface area (Å²) < 4.78 is 25.5. The van der Waals surface area contributed by atoms with Gasteiger partial charge in [-0.15, -0.1) is 0 Å². The van der Waals surface area contributed by atoms with E-state index < -0.39 is 16.1 Å². The zero-order valence-electron chi connectivity index (χ0n) is 12.1. The van der Waals surface area contributed by atoms with Crippen LogP contribution in [0.5, 0.6) is 0 Å². The molecule has 0 heterocycles. The van der Waals surface area contributed by atoms with Crippen LogP contribution in [0.4, 0.5) is 11.4 Å². The lowest BCUT2D eigenvalue weighted by molar-refractivity contribution is 0.161. The summed E-state index contributed by atoms with van der Waals surface area (Å²) in [6, 6.07) is 4.46. The maximum atomic E-state index is 11.6. The second-order valence-electron chi connectivity index (χ2n) is 5.12. The lowest BCUT2D eigenvalue weighted by Gasteiger charge is -2.16. The minimum absolute atomic E-state index is 0.116. The molecule has 0 saturated carbocycles. The Labute approximate surface area is 120 Å². The Bertz CT molecular complexity index is 544. The van der Waals surface area contributed by atoms with Crippen molar-refractivity contribution in [3.8, 4) is 0 Å².